The Kier molecular flexibility index (Phi) is 3.15. The van der Waals surface area contributed by atoms with E-state index in [0.717, 1.165) is 25.8 Å². The van der Waals surface area contributed by atoms with Crippen molar-refractivity contribution >= 4 is 0 Å². The summed E-state index contributed by atoms with van der Waals surface area (Å²) in [6, 6.07) is 8.83. The largest absolute Gasteiger partial charge is 0.348 e. The summed E-state index contributed by atoms with van der Waals surface area (Å²) in [5, 5.41) is 3.64. The molecule has 0 aliphatic carbocycles. The third kappa shape index (κ3) is 2.43. The highest BCUT2D eigenvalue weighted by atomic mass is 15.1. The molecule has 100 valence electrons. The first kappa shape index (κ1) is 12.4. The Bertz CT molecular complexity index is 556. The monoisotopic (exact) mass is 255 g/mol. The average molecular weight is 255 g/mol. The van der Waals surface area contributed by atoms with Crippen LogP contribution in [0.4, 0.5) is 0 Å². The van der Waals surface area contributed by atoms with Gasteiger partial charge >= 0.3 is 0 Å². The van der Waals surface area contributed by atoms with Crippen molar-refractivity contribution in [1.29, 1.82) is 0 Å². The molecule has 19 heavy (non-hydrogen) atoms. The molecule has 0 saturated carbocycles. The highest BCUT2D eigenvalue weighted by molar-refractivity contribution is 5.26. The molecule has 0 radical (unpaired) electrons. The number of rotatable bonds is 3. The third-order valence-electron chi connectivity index (χ3n) is 4.17. The minimum Gasteiger partial charge on any atom is -0.348 e. The Hall–Kier alpha value is -1.61. The number of fused-ring (bicyclic) bond motifs is 1. The van der Waals surface area contributed by atoms with Crippen LogP contribution >= 0.6 is 0 Å². The van der Waals surface area contributed by atoms with Crippen LogP contribution in [0.1, 0.15) is 35.9 Å². The van der Waals surface area contributed by atoms with Crippen molar-refractivity contribution in [2.45, 2.75) is 38.6 Å². The molecular weight excluding hydrogens is 234 g/mol. The lowest BCUT2D eigenvalue weighted by Crippen LogP contribution is -2.45. The van der Waals surface area contributed by atoms with Crippen LogP contribution in [0.3, 0.4) is 0 Å². The molecule has 1 aliphatic heterocycles. The van der Waals surface area contributed by atoms with Crippen LogP contribution in [0, 0.1) is 6.92 Å². The van der Waals surface area contributed by atoms with Gasteiger partial charge in [-0.15, -0.1) is 0 Å². The molecule has 1 atom stereocenters. The number of nitrogens with zero attached hydrogens (tertiary/aromatic N) is 1. The van der Waals surface area contributed by atoms with E-state index in [9.17, 15) is 0 Å². The molecule has 0 saturated heterocycles. The minimum absolute atomic E-state index is 0.00152. The first-order valence-corrected chi connectivity index (χ1v) is 7.01. The Balaban J connectivity index is 1.75. The van der Waals surface area contributed by atoms with Crippen molar-refractivity contribution < 1.29 is 0 Å². The normalized spacial score (nSPS) is 22.2. The summed E-state index contributed by atoms with van der Waals surface area (Å²) in [6.45, 7) is 5.42. The fourth-order valence-corrected chi connectivity index (χ4v) is 2.89. The third-order valence-corrected chi connectivity index (χ3v) is 4.17. The summed E-state index contributed by atoms with van der Waals surface area (Å²) in [7, 11) is 0. The van der Waals surface area contributed by atoms with E-state index >= 15 is 0 Å². The van der Waals surface area contributed by atoms with Gasteiger partial charge in [-0.25, -0.2) is 4.98 Å². The van der Waals surface area contributed by atoms with Crippen molar-refractivity contribution in [3.63, 3.8) is 0 Å². The van der Waals surface area contributed by atoms with Gasteiger partial charge in [-0.05, 0) is 32.3 Å². The van der Waals surface area contributed by atoms with Crippen LogP contribution in [0.15, 0.2) is 30.6 Å². The zero-order chi connectivity index (χ0) is 13.3. The van der Waals surface area contributed by atoms with E-state index in [-0.39, 0.29) is 5.54 Å². The highest BCUT2D eigenvalue weighted by Crippen LogP contribution is 2.30. The van der Waals surface area contributed by atoms with Gasteiger partial charge in [0.05, 0.1) is 17.6 Å². The number of hydrogen-bond acceptors (Lipinski definition) is 2. The number of hydrogen-bond donors (Lipinski definition) is 2. The van der Waals surface area contributed by atoms with Crippen LogP contribution in [-0.2, 0) is 18.4 Å². The molecule has 0 spiro atoms. The lowest BCUT2D eigenvalue weighted by Gasteiger charge is -2.34. The van der Waals surface area contributed by atoms with Gasteiger partial charge in [0.1, 0.15) is 0 Å². The molecule has 3 nitrogen and oxygen atoms in total. The predicted molar refractivity (Wildman–Crippen MR) is 77.1 cm³/mol. The molecule has 2 heterocycles. The van der Waals surface area contributed by atoms with E-state index in [1.54, 1.807) is 0 Å². The van der Waals surface area contributed by atoms with Gasteiger partial charge in [-0.1, -0.05) is 29.8 Å². The molecular formula is C16H21N3. The number of imidazole rings is 1. The molecule has 1 aromatic carbocycles. The molecule has 0 bridgehead atoms. The van der Waals surface area contributed by atoms with E-state index in [1.165, 1.54) is 22.5 Å². The van der Waals surface area contributed by atoms with Crippen molar-refractivity contribution in [3.05, 3.63) is 53.1 Å². The van der Waals surface area contributed by atoms with Gasteiger partial charge in [-0.3, -0.25) is 0 Å². The fraction of sp³-hybridized carbons (Fsp3) is 0.438. The second kappa shape index (κ2) is 4.82. The van der Waals surface area contributed by atoms with Gasteiger partial charge < -0.3 is 10.3 Å². The Labute approximate surface area is 114 Å². The molecule has 1 aromatic heterocycles. The molecule has 1 unspecified atom stereocenters. The SMILES string of the molecule is Cc1ccc(CCC2(C)NCCc3[nH]cnc32)cc1. The number of aromatic nitrogens is 2. The second-order valence-electron chi connectivity index (χ2n) is 5.72. The molecule has 3 rings (SSSR count). The van der Waals surface area contributed by atoms with E-state index in [2.05, 4.69) is 53.4 Å². The number of nitrogens with one attached hydrogen (secondary N) is 2. The summed E-state index contributed by atoms with van der Waals surface area (Å²) < 4.78 is 0. The number of aryl methyl sites for hydroxylation is 2. The standard InChI is InChI=1S/C16H21N3/c1-12-3-5-13(6-4-12)7-9-16(2)15-14(8-10-19-16)17-11-18-15/h3-6,11,19H,7-10H2,1-2H3,(H,17,18). The van der Waals surface area contributed by atoms with Crippen molar-refractivity contribution in [2.24, 2.45) is 0 Å². The Morgan fingerprint density at radius 1 is 1.26 bits per heavy atom. The molecule has 2 aromatic rings. The maximum absolute atomic E-state index is 4.52. The van der Waals surface area contributed by atoms with E-state index in [0.29, 0.717) is 0 Å². The average Bonchev–Trinajstić information content (AvgIpc) is 2.88. The van der Waals surface area contributed by atoms with Crippen LogP contribution in [-0.4, -0.2) is 16.5 Å². The first-order chi connectivity index (χ1) is 9.17. The fourth-order valence-electron chi connectivity index (χ4n) is 2.89. The predicted octanol–water partition coefficient (Wildman–Crippen LogP) is 2.71. The lowest BCUT2D eigenvalue weighted by atomic mass is 9.85. The second-order valence-corrected chi connectivity index (χ2v) is 5.72. The smallest absolute Gasteiger partial charge is 0.0926 e. The van der Waals surface area contributed by atoms with Crippen molar-refractivity contribution in [2.75, 3.05) is 6.54 Å². The van der Waals surface area contributed by atoms with Gasteiger partial charge in [0.25, 0.3) is 0 Å². The minimum atomic E-state index is -0.00152. The Morgan fingerprint density at radius 2 is 2.05 bits per heavy atom. The molecule has 1 aliphatic rings. The first-order valence-electron chi connectivity index (χ1n) is 7.01. The van der Waals surface area contributed by atoms with E-state index in [4.69, 9.17) is 0 Å². The Morgan fingerprint density at radius 3 is 2.84 bits per heavy atom. The van der Waals surface area contributed by atoms with E-state index < -0.39 is 0 Å². The van der Waals surface area contributed by atoms with Crippen molar-refractivity contribution in [1.82, 2.24) is 15.3 Å². The van der Waals surface area contributed by atoms with Gasteiger partial charge in [0, 0.05) is 18.7 Å². The summed E-state index contributed by atoms with van der Waals surface area (Å²) in [6.07, 6.45) is 5.03. The van der Waals surface area contributed by atoms with Crippen LogP contribution < -0.4 is 5.32 Å². The zero-order valence-electron chi connectivity index (χ0n) is 11.7. The molecule has 3 heteroatoms. The summed E-state index contributed by atoms with van der Waals surface area (Å²) in [5.41, 5.74) is 5.21. The van der Waals surface area contributed by atoms with Crippen LogP contribution in [0.5, 0.6) is 0 Å². The van der Waals surface area contributed by atoms with Crippen molar-refractivity contribution in [3.8, 4) is 0 Å². The topological polar surface area (TPSA) is 40.7 Å². The summed E-state index contributed by atoms with van der Waals surface area (Å²) >= 11 is 0. The number of benzene rings is 1. The van der Waals surface area contributed by atoms with Gasteiger partial charge in [-0.2, -0.15) is 0 Å². The number of aromatic amines is 1. The molecule has 0 fully saturated rings. The number of H-pyrrole nitrogens is 1. The quantitative estimate of drug-likeness (QED) is 0.885. The summed E-state index contributed by atoms with van der Waals surface area (Å²) in [4.78, 5) is 7.79. The maximum atomic E-state index is 4.52. The van der Waals surface area contributed by atoms with Gasteiger partial charge in [0.2, 0.25) is 0 Å². The highest BCUT2D eigenvalue weighted by Gasteiger charge is 2.33. The van der Waals surface area contributed by atoms with Gasteiger partial charge in [0.15, 0.2) is 0 Å². The molecule has 2 N–H and O–H groups in total. The van der Waals surface area contributed by atoms with E-state index in [1.807, 2.05) is 6.33 Å². The summed E-state index contributed by atoms with van der Waals surface area (Å²) in [5.74, 6) is 0. The zero-order valence-corrected chi connectivity index (χ0v) is 11.7. The van der Waals surface area contributed by atoms with Crippen LogP contribution in [0.25, 0.3) is 0 Å². The van der Waals surface area contributed by atoms with Crippen LogP contribution in [0.2, 0.25) is 0 Å². The lowest BCUT2D eigenvalue weighted by molar-refractivity contribution is 0.314. The maximum Gasteiger partial charge on any atom is 0.0926 e. The molecule has 0 amide bonds.